The Morgan fingerprint density at radius 2 is 1.95 bits per heavy atom. The summed E-state index contributed by atoms with van der Waals surface area (Å²) in [6.45, 7) is 4.23. The van der Waals surface area contributed by atoms with E-state index in [0.717, 1.165) is 0 Å². The molecule has 1 rings (SSSR count). The molecule has 0 spiro atoms. The number of amides is 2. The number of methoxy groups -OCH3 is 1. The van der Waals surface area contributed by atoms with Crippen LogP contribution in [0.5, 0.6) is 5.75 Å². The van der Waals surface area contributed by atoms with Crippen molar-refractivity contribution in [3.63, 3.8) is 0 Å². The van der Waals surface area contributed by atoms with Crippen LogP contribution in [0.3, 0.4) is 0 Å². The Morgan fingerprint density at radius 3 is 2.52 bits per heavy atom. The van der Waals surface area contributed by atoms with Crippen LogP contribution in [0, 0.1) is 5.92 Å². The van der Waals surface area contributed by atoms with Gasteiger partial charge >= 0.3 is 0 Å². The van der Waals surface area contributed by atoms with Gasteiger partial charge in [-0.2, -0.15) is 0 Å². The largest absolute Gasteiger partial charge is 0.495 e. The van der Waals surface area contributed by atoms with Gasteiger partial charge in [0.1, 0.15) is 5.75 Å². The second-order valence-electron chi connectivity index (χ2n) is 5.15. The van der Waals surface area contributed by atoms with Gasteiger partial charge in [0.25, 0.3) is 0 Å². The van der Waals surface area contributed by atoms with Crippen molar-refractivity contribution in [2.75, 3.05) is 24.3 Å². The lowest BCUT2D eigenvalue weighted by molar-refractivity contribution is -0.117. The number of anilines is 2. The van der Waals surface area contributed by atoms with Gasteiger partial charge in [0.05, 0.1) is 12.8 Å². The SMILES string of the molecule is COc1ccc(NC(=O)CC(C)C)cc1NC(=O)CCN. The molecule has 0 saturated heterocycles. The van der Waals surface area contributed by atoms with Gasteiger partial charge in [-0.3, -0.25) is 9.59 Å². The quantitative estimate of drug-likeness (QED) is 0.716. The lowest BCUT2D eigenvalue weighted by Gasteiger charge is -2.13. The summed E-state index contributed by atoms with van der Waals surface area (Å²) in [5.41, 5.74) is 6.47. The molecule has 6 heteroatoms. The highest BCUT2D eigenvalue weighted by Gasteiger charge is 2.10. The maximum absolute atomic E-state index is 11.8. The molecule has 0 aliphatic carbocycles. The number of carbonyl (C=O) groups excluding carboxylic acids is 2. The highest BCUT2D eigenvalue weighted by Crippen LogP contribution is 2.28. The summed E-state index contributed by atoms with van der Waals surface area (Å²) in [6.07, 6.45) is 0.675. The van der Waals surface area contributed by atoms with Crippen molar-refractivity contribution in [1.82, 2.24) is 0 Å². The Hall–Kier alpha value is -2.08. The topological polar surface area (TPSA) is 93.5 Å². The maximum atomic E-state index is 11.8. The molecule has 0 fully saturated rings. The average molecular weight is 293 g/mol. The maximum Gasteiger partial charge on any atom is 0.225 e. The number of ether oxygens (including phenoxy) is 1. The molecule has 0 radical (unpaired) electrons. The van der Waals surface area contributed by atoms with Crippen LogP contribution < -0.4 is 21.1 Å². The average Bonchev–Trinajstić information content (AvgIpc) is 2.38. The van der Waals surface area contributed by atoms with E-state index in [9.17, 15) is 9.59 Å². The first-order valence-corrected chi connectivity index (χ1v) is 6.94. The van der Waals surface area contributed by atoms with Crippen LogP contribution in [0.1, 0.15) is 26.7 Å². The molecule has 6 nitrogen and oxygen atoms in total. The minimum atomic E-state index is -0.193. The molecular formula is C15H23N3O3. The lowest BCUT2D eigenvalue weighted by Crippen LogP contribution is -2.17. The summed E-state index contributed by atoms with van der Waals surface area (Å²) >= 11 is 0. The predicted molar refractivity (Wildman–Crippen MR) is 83.4 cm³/mol. The molecular weight excluding hydrogens is 270 g/mol. The molecule has 1 aromatic rings. The molecule has 4 N–H and O–H groups in total. The summed E-state index contributed by atoms with van der Waals surface area (Å²) < 4.78 is 5.19. The molecule has 2 amide bonds. The predicted octanol–water partition coefficient (Wildman–Crippen LogP) is 1.97. The number of benzene rings is 1. The molecule has 0 aliphatic rings. The second kappa shape index (κ2) is 8.26. The van der Waals surface area contributed by atoms with E-state index in [1.54, 1.807) is 18.2 Å². The van der Waals surface area contributed by atoms with Gasteiger partial charge in [-0.25, -0.2) is 0 Å². The Balaban J connectivity index is 2.84. The van der Waals surface area contributed by atoms with E-state index >= 15 is 0 Å². The van der Waals surface area contributed by atoms with Gasteiger partial charge in [0.15, 0.2) is 0 Å². The van der Waals surface area contributed by atoms with E-state index < -0.39 is 0 Å². The van der Waals surface area contributed by atoms with Gasteiger partial charge in [-0.15, -0.1) is 0 Å². The summed E-state index contributed by atoms with van der Waals surface area (Å²) in [4.78, 5) is 23.4. The number of hydrogen-bond acceptors (Lipinski definition) is 4. The van der Waals surface area contributed by atoms with Crippen LogP contribution in [0.15, 0.2) is 18.2 Å². The van der Waals surface area contributed by atoms with Crippen LogP contribution in [-0.4, -0.2) is 25.5 Å². The van der Waals surface area contributed by atoms with Crippen molar-refractivity contribution in [2.24, 2.45) is 11.7 Å². The monoisotopic (exact) mass is 293 g/mol. The van der Waals surface area contributed by atoms with E-state index in [1.807, 2.05) is 13.8 Å². The fraction of sp³-hybridized carbons (Fsp3) is 0.467. The van der Waals surface area contributed by atoms with Crippen molar-refractivity contribution in [2.45, 2.75) is 26.7 Å². The van der Waals surface area contributed by atoms with Crippen LogP contribution in [0.25, 0.3) is 0 Å². The van der Waals surface area contributed by atoms with Crippen LogP contribution in [0.2, 0.25) is 0 Å². The number of hydrogen-bond donors (Lipinski definition) is 3. The Morgan fingerprint density at radius 1 is 1.24 bits per heavy atom. The van der Waals surface area contributed by atoms with Crippen molar-refractivity contribution in [1.29, 1.82) is 0 Å². The smallest absolute Gasteiger partial charge is 0.225 e. The zero-order chi connectivity index (χ0) is 15.8. The molecule has 21 heavy (non-hydrogen) atoms. The summed E-state index contributed by atoms with van der Waals surface area (Å²) in [7, 11) is 1.52. The molecule has 0 atom stereocenters. The van der Waals surface area contributed by atoms with Crippen molar-refractivity contribution in [3.05, 3.63) is 18.2 Å². The zero-order valence-corrected chi connectivity index (χ0v) is 12.7. The number of rotatable bonds is 7. The fourth-order valence-electron chi connectivity index (χ4n) is 1.81. The van der Waals surface area contributed by atoms with E-state index in [4.69, 9.17) is 10.5 Å². The van der Waals surface area contributed by atoms with Gasteiger partial charge in [0, 0.05) is 25.1 Å². The molecule has 0 unspecified atom stereocenters. The minimum absolute atomic E-state index is 0.0607. The first-order chi connectivity index (χ1) is 9.96. The number of nitrogens with two attached hydrogens (primary N) is 1. The molecule has 0 aliphatic heterocycles. The van der Waals surface area contributed by atoms with Crippen LogP contribution in [-0.2, 0) is 9.59 Å². The molecule has 0 saturated carbocycles. The third kappa shape index (κ3) is 5.83. The van der Waals surface area contributed by atoms with Gasteiger partial charge < -0.3 is 21.1 Å². The number of carbonyl (C=O) groups is 2. The Bertz CT molecular complexity index is 501. The van der Waals surface area contributed by atoms with E-state index in [1.165, 1.54) is 7.11 Å². The van der Waals surface area contributed by atoms with Gasteiger partial charge in [-0.05, 0) is 24.1 Å². The Labute approximate surface area is 125 Å². The number of nitrogens with one attached hydrogen (secondary N) is 2. The van der Waals surface area contributed by atoms with E-state index in [-0.39, 0.29) is 30.7 Å². The summed E-state index contributed by atoms with van der Waals surface area (Å²) in [5.74, 6) is 0.560. The highest BCUT2D eigenvalue weighted by molar-refractivity contribution is 5.95. The zero-order valence-electron chi connectivity index (χ0n) is 12.7. The van der Waals surface area contributed by atoms with E-state index in [2.05, 4.69) is 10.6 Å². The molecule has 0 heterocycles. The van der Waals surface area contributed by atoms with Crippen molar-refractivity contribution in [3.8, 4) is 5.75 Å². The molecule has 0 aromatic heterocycles. The van der Waals surface area contributed by atoms with Crippen molar-refractivity contribution < 1.29 is 14.3 Å². The first-order valence-electron chi connectivity index (χ1n) is 6.94. The molecule has 1 aromatic carbocycles. The summed E-state index contributed by atoms with van der Waals surface area (Å²) in [5, 5.41) is 5.52. The van der Waals surface area contributed by atoms with Gasteiger partial charge in [-0.1, -0.05) is 13.8 Å². The molecule has 0 bridgehead atoms. The minimum Gasteiger partial charge on any atom is -0.495 e. The second-order valence-corrected chi connectivity index (χ2v) is 5.15. The van der Waals surface area contributed by atoms with Crippen LogP contribution >= 0.6 is 0 Å². The van der Waals surface area contributed by atoms with E-state index in [0.29, 0.717) is 23.5 Å². The van der Waals surface area contributed by atoms with Crippen LogP contribution in [0.4, 0.5) is 11.4 Å². The van der Waals surface area contributed by atoms with Crippen molar-refractivity contribution >= 4 is 23.2 Å². The lowest BCUT2D eigenvalue weighted by atomic mass is 10.1. The summed E-state index contributed by atoms with van der Waals surface area (Å²) in [6, 6.07) is 5.10. The third-order valence-corrected chi connectivity index (χ3v) is 2.72. The highest BCUT2D eigenvalue weighted by atomic mass is 16.5. The molecule has 116 valence electrons. The first kappa shape index (κ1) is 17.0. The standard InChI is InChI=1S/C15H23N3O3/c1-10(2)8-15(20)17-11-4-5-13(21-3)12(9-11)18-14(19)6-7-16/h4-5,9-10H,6-8,16H2,1-3H3,(H,17,20)(H,18,19). The normalized spacial score (nSPS) is 10.3. The third-order valence-electron chi connectivity index (χ3n) is 2.72. The fourth-order valence-corrected chi connectivity index (χ4v) is 1.81. The Kier molecular flexibility index (Phi) is 6.68. The van der Waals surface area contributed by atoms with Gasteiger partial charge in [0.2, 0.25) is 11.8 Å².